The van der Waals surface area contributed by atoms with Crippen molar-refractivity contribution in [2.75, 3.05) is 13.1 Å². The SMILES string of the molecule is CC(Sc1ccc(S(=O)(=O)N2CCCCC2)cn1)C(=O)NCc1ccccc1. The average molecular weight is 420 g/mol. The first-order valence-corrected chi connectivity index (χ1v) is 11.7. The molecule has 2 heterocycles. The molecule has 1 aliphatic heterocycles. The fraction of sp³-hybridized carbons (Fsp3) is 0.400. The van der Waals surface area contributed by atoms with Gasteiger partial charge in [0.1, 0.15) is 4.90 Å². The van der Waals surface area contributed by atoms with Gasteiger partial charge < -0.3 is 5.32 Å². The molecule has 1 aliphatic rings. The summed E-state index contributed by atoms with van der Waals surface area (Å²) >= 11 is 1.31. The van der Waals surface area contributed by atoms with Crippen LogP contribution in [0.25, 0.3) is 0 Å². The van der Waals surface area contributed by atoms with Gasteiger partial charge in [0.15, 0.2) is 0 Å². The molecule has 0 bridgehead atoms. The van der Waals surface area contributed by atoms with Gasteiger partial charge in [-0.15, -0.1) is 0 Å². The predicted octanol–water partition coefficient (Wildman–Crippen LogP) is 3.05. The van der Waals surface area contributed by atoms with Crippen LogP contribution in [0, 0.1) is 0 Å². The Balaban J connectivity index is 1.56. The highest BCUT2D eigenvalue weighted by molar-refractivity contribution is 8.00. The molecule has 0 radical (unpaired) electrons. The van der Waals surface area contributed by atoms with Gasteiger partial charge in [-0.1, -0.05) is 48.5 Å². The van der Waals surface area contributed by atoms with Gasteiger partial charge in [0.25, 0.3) is 0 Å². The number of carbonyl (C=O) groups excluding carboxylic acids is 1. The molecular formula is C20H25N3O3S2. The van der Waals surface area contributed by atoms with Crippen LogP contribution in [0.4, 0.5) is 0 Å². The number of aromatic nitrogens is 1. The van der Waals surface area contributed by atoms with Gasteiger partial charge in [-0.25, -0.2) is 13.4 Å². The van der Waals surface area contributed by atoms with E-state index in [1.54, 1.807) is 12.1 Å². The lowest BCUT2D eigenvalue weighted by Crippen LogP contribution is -2.35. The Hall–Kier alpha value is -1.90. The third kappa shape index (κ3) is 5.33. The van der Waals surface area contributed by atoms with E-state index in [1.807, 2.05) is 37.3 Å². The largest absolute Gasteiger partial charge is 0.351 e. The lowest BCUT2D eigenvalue weighted by molar-refractivity contribution is -0.120. The second-order valence-electron chi connectivity index (χ2n) is 6.76. The maximum Gasteiger partial charge on any atom is 0.244 e. The fourth-order valence-electron chi connectivity index (χ4n) is 3.01. The van der Waals surface area contributed by atoms with Gasteiger partial charge in [-0.2, -0.15) is 4.31 Å². The molecule has 1 unspecified atom stereocenters. The van der Waals surface area contributed by atoms with Crippen LogP contribution in [0.1, 0.15) is 31.7 Å². The number of nitrogens with one attached hydrogen (secondary N) is 1. The maximum atomic E-state index is 12.7. The van der Waals surface area contributed by atoms with Gasteiger partial charge in [-0.05, 0) is 37.5 Å². The van der Waals surface area contributed by atoms with Crippen LogP contribution in [0.15, 0.2) is 58.6 Å². The second kappa shape index (κ2) is 9.54. The number of rotatable bonds is 7. The zero-order chi connectivity index (χ0) is 20.0. The summed E-state index contributed by atoms with van der Waals surface area (Å²) in [5, 5.41) is 3.20. The van der Waals surface area contributed by atoms with Crippen molar-refractivity contribution in [3.8, 4) is 0 Å². The Morgan fingerprint density at radius 2 is 1.86 bits per heavy atom. The molecule has 2 aromatic rings. The summed E-state index contributed by atoms with van der Waals surface area (Å²) in [4.78, 5) is 16.8. The molecule has 0 aliphatic carbocycles. The fourth-order valence-corrected chi connectivity index (χ4v) is 5.28. The highest BCUT2D eigenvalue weighted by Gasteiger charge is 2.26. The molecule has 1 fully saturated rings. The van der Waals surface area contributed by atoms with E-state index in [4.69, 9.17) is 0 Å². The van der Waals surface area contributed by atoms with Crippen molar-refractivity contribution in [2.45, 2.75) is 47.9 Å². The molecule has 1 aromatic heterocycles. The number of hydrogen-bond acceptors (Lipinski definition) is 5. The van der Waals surface area contributed by atoms with Crippen LogP contribution in [0.5, 0.6) is 0 Å². The highest BCUT2D eigenvalue weighted by Crippen LogP contribution is 2.24. The topological polar surface area (TPSA) is 79.4 Å². The van der Waals surface area contributed by atoms with Gasteiger partial charge in [-0.3, -0.25) is 4.79 Å². The van der Waals surface area contributed by atoms with Crippen molar-refractivity contribution in [2.24, 2.45) is 0 Å². The molecule has 1 saturated heterocycles. The van der Waals surface area contributed by atoms with Crippen LogP contribution < -0.4 is 5.32 Å². The van der Waals surface area contributed by atoms with E-state index in [0.717, 1.165) is 24.8 Å². The molecule has 1 amide bonds. The Morgan fingerprint density at radius 3 is 2.50 bits per heavy atom. The molecule has 0 saturated carbocycles. The first kappa shape index (κ1) is 20.8. The number of thioether (sulfide) groups is 1. The number of sulfonamides is 1. The summed E-state index contributed by atoms with van der Waals surface area (Å²) in [6.45, 7) is 3.42. The molecular weight excluding hydrogens is 394 g/mol. The lowest BCUT2D eigenvalue weighted by atomic mass is 10.2. The average Bonchev–Trinajstić information content (AvgIpc) is 2.73. The van der Waals surface area contributed by atoms with E-state index >= 15 is 0 Å². The van der Waals surface area contributed by atoms with Crippen molar-refractivity contribution in [1.29, 1.82) is 0 Å². The molecule has 6 nitrogen and oxygen atoms in total. The third-order valence-electron chi connectivity index (χ3n) is 4.64. The second-order valence-corrected chi connectivity index (χ2v) is 10.1. The summed E-state index contributed by atoms with van der Waals surface area (Å²) in [6, 6.07) is 13.0. The maximum absolute atomic E-state index is 12.7. The molecule has 1 atom stereocenters. The zero-order valence-electron chi connectivity index (χ0n) is 15.9. The molecule has 1 N–H and O–H groups in total. The van der Waals surface area contributed by atoms with Crippen molar-refractivity contribution in [1.82, 2.24) is 14.6 Å². The number of hydrogen-bond donors (Lipinski definition) is 1. The zero-order valence-corrected chi connectivity index (χ0v) is 17.5. The van der Waals surface area contributed by atoms with Gasteiger partial charge in [0.05, 0.1) is 10.3 Å². The summed E-state index contributed by atoms with van der Waals surface area (Å²) in [5.41, 5.74) is 1.04. The molecule has 28 heavy (non-hydrogen) atoms. The summed E-state index contributed by atoms with van der Waals surface area (Å²) in [7, 11) is -3.48. The number of amides is 1. The lowest BCUT2D eigenvalue weighted by Gasteiger charge is -2.25. The van der Waals surface area contributed by atoms with Crippen LogP contribution in [0.2, 0.25) is 0 Å². The molecule has 3 rings (SSSR count). The molecule has 0 spiro atoms. The van der Waals surface area contributed by atoms with Crippen molar-refractivity contribution in [3.05, 3.63) is 54.2 Å². The Morgan fingerprint density at radius 1 is 1.14 bits per heavy atom. The summed E-state index contributed by atoms with van der Waals surface area (Å²) in [6.07, 6.45) is 4.26. The smallest absolute Gasteiger partial charge is 0.244 e. The first-order chi connectivity index (χ1) is 13.5. The van der Waals surface area contributed by atoms with E-state index in [2.05, 4.69) is 10.3 Å². The quantitative estimate of drug-likeness (QED) is 0.698. The standard InChI is InChI=1S/C20H25N3O3S2/c1-16(20(24)22-14-17-8-4-2-5-9-17)27-19-11-10-18(15-21-19)28(25,26)23-12-6-3-7-13-23/h2,4-5,8-11,15-16H,3,6-7,12-14H2,1H3,(H,22,24). The number of nitrogens with zero attached hydrogens (tertiary/aromatic N) is 2. The number of benzene rings is 1. The minimum absolute atomic E-state index is 0.0827. The minimum Gasteiger partial charge on any atom is -0.351 e. The normalized spacial score (nSPS) is 16.5. The van der Waals surface area contributed by atoms with Crippen LogP contribution in [-0.4, -0.2) is 42.0 Å². The number of pyridine rings is 1. The monoisotopic (exact) mass is 419 g/mol. The predicted molar refractivity (Wildman–Crippen MR) is 110 cm³/mol. The number of piperidine rings is 1. The van der Waals surface area contributed by atoms with Crippen molar-refractivity contribution >= 4 is 27.7 Å². The summed E-state index contributed by atoms with van der Waals surface area (Å²) < 4.78 is 26.9. The molecule has 8 heteroatoms. The first-order valence-electron chi connectivity index (χ1n) is 9.41. The van der Waals surface area contributed by atoms with E-state index in [-0.39, 0.29) is 16.1 Å². The van der Waals surface area contributed by atoms with Crippen molar-refractivity contribution < 1.29 is 13.2 Å². The Labute approximate surface area is 170 Å². The van der Waals surface area contributed by atoms with Gasteiger partial charge in [0.2, 0.25) is 15.9 Å². The van der Waals surface area contributed by atoms with Crippen molar-refractivity contribution in [3.63, 3.8) is 0 Å². The third-order valence-corrected chi connectivity index (χ3v) is 7.57. The number of carbonyl (C=O) groups is 1. The van der Waals surface area contributed by atoms with E-state index in [0.29, 0.717) is 24.7 Å². The van der Waals surface area contributed by atoms with Gasteiger partial charge >= 0.3 is 0 Å². The minimum atomic E-state index is -3.48. The van der Waals surface area contributed by atoms with E-state index in [9.17, 15) is 13.2 Å². The van der Waals surface area contributed by atoms with Gasteiger partial charge in [0, 0.05) is 25.8 Å². The Bertz CT molecular complexity index is 881. The molecule has 1 aromatic carbocycles. The molecule has 150 valence electrons. The highest BCUT2D eigenvalue weighted by atomic mass is 32.2. The van der Waals surface area contributed by atoms with Crippen LogP contribution in [0.3, 0.4) is 0 Å². The van der Waals surface area contributed by atoms with Crippen LogP contribution in [-0.2, 0) is 21.4 Å². The Kier molecular flexibility index (Phi) is 7.09. The van der Waals surface area contributed by atoms with E-state index in [1.165, 1.54) is 22.3 Å². The van der Waals surface area contributed by atoms with E-state index < -0.39 is 10.0 Å². The summed E-state index contributed by atoms with van der Waals surface area (Å²) in [5.74, 6) is -0.0827. The van der Waals surface area contributed by atoms with Crippen LogP contribution >= 0.6 is 11.8 Å².